The van der Waals surface area contributed by atoms with Crippen molar-refractivity contribution in [2.75, 3.05) is 25.5 Å². The van der Waals surface area contributed by atoms with Crippen molar-refractivity contribution < 1.29 is 14.4 Å². The van der Waals surface area contributed by atoms with Crippen molar-refractivity contribution in [2.45, 2.75) is 19.4 Å². The molecule has 1 unspecified atom stereocenters. The number of anilines is 1. The number of benzene rings is 1. The van der Waals surface area contributed by atoms with Gasteiger partial charge in [0.1, 0.15) is 0 Å². The van der Waals surface area contributed by atoms with Gasteiger partial charge in [0.15, 0.2) is 11.7 Å². The van der Waals surface area contributed by atoms with Crippen molar-refractivity contribution in [3.05, 3.63) is 28.2 Å². The van der Waals surface area contributed by atoms with Crippen LogP contribution in [0.1, 0.15) is 13.3 Å². The van der Waals surface area contributed by atoms with Gasteiger partial charge < -0.3 is 15.5 Å². The molecule has 2 aliphatic heterocycles. The third-order valence-corrected chi connectivity index (χ3v) is 6.00. The summed E-state index contributed by atoms with van der Waals surface area (Å²) in [6.45, 7) is 2.98. The Morgan fingerprint density at radius 2 is 2.08 bits per heavy atom. The van der Waals surface area contributed by atoms with E-state index >= 15 is 0 Å². The third-order valence-electron chi connectivity index (χ3n) is 5.18. The van der Waals surface area contributed by atoms with E-state index in [1.807, 2.05) is 6.92 Å². The molecule has 0 spiro atoms. The quantitative estimate of drug-likeness (QED) is 0.765. The van der Waals surface area contributed by atoms with Crippen LogP contribution in [-0.2, 0) is 14.4 Å². The molecule has 0 aliphatic carbocycles. The highest BCUT2D eigenvalue weighted by atomic mass is 35.5. The molecule has 1 aromatic rings. The fourth-order valence-electron chi connectivity index (χ4n) is 3.73. The summed E-state index contributed by atoms with van der Waals surface area (Å²) in [6, 6.07) is 4.58. The molecular formula is C17H19Cl2N3O3. The smallest absolute Gasteiger partial charge is 0.244 e. The minimum atomic E-state index is -1.39. The number of nitrogens with zero attached hydrogens (tertiary/aromatic N) is 1. The first-order chi connectivity index (χ1) is 11.8. The van der Waals surface area contributed by atoms with Crippen molar-refractivity contribution in [1.29, 1.82) is 0 Å². The minimum absolute atomic E-state index is 0.171. The minimum Gasteiger partial charge on any atom is -0.341 e. The Labute approximate surface area is 155 Å². The van der Waals surface area contributed by atoms with E-state index < -0.39 is 23.1 Å². The van der Waals surface area contributed by atoms with Gasteiger partial charge in [0.25, 0.3) is 0 Å². The van der Waals surface area contributed by atoms with Crippen LogP contribution >= 0.6 is 23.2 Å². The maximum Gasteiger partial charge on any atom is 0.244 e. The molecule has 0 radical (unpaired) electrons. The molecule has 8 heteroatoms. The highest BCUT2D eigenvalue weighted by molar-refractivity contribution is 6.44. The largest absolute Gasteiger partial charge is 0.341 e. The molecule has 0 bridgehead atoms. The highest BCUT2D eigenvalue weighted by Crippen LogP contribution is 2.39. The van der Waals surface area contributed by atoms with Gasteiger partial charge >= 0.3 is 0 Å². The van der Waals surface area contributed by atoms with Crippen LogP contribution in [0.3, 0.4) is 0 Å². The summed E-state index contributed by atoms with van der Waals surface area (Å²) < 4.78 is 0. The molecule has 2 fully saturated rings. The van der Waals surface area contributed by atoms with Crippen LogP contribution < -0.4 is 10.6 Å². The van der Waals surface area contributed by atoms with Crippen molar-refractivity contribution >= 4 is 46.5 Å². The molecule has 2 amide bonds. The van der Waals surface area contributed by atoms with Crippen LogP contribution in [0, 0.1) is 11.3 Å². The zero-order valence-corrected chi connectivity index (χ0v) is 15.4. The van der Waals surface area contributed by atoms with Crippen molar-refractivity contribution in [2.24, 2.45) is 11.3 Å². The first-order valence-corrected chi connectivity index (χ1v) is 8.79. The molecule has 134 valence electrons. The Bertz CT molecular complexity index is 755. The van der Waals surface area contributed by atoms with E-state index in [2.05, 4.69) is 10.6 Å². The van der Waals surface area contributed by atoms with E-state index in [1.54, 1.807) is 25.2 Å². The Balaban J connectivity index is 1.90. The van der Waals surface area contributed by atoms with Gasteiger partial charge in [-0.3, -0.25) is 14.4 Å². The maximum atomic E-state index is 13.0. The lowest BCUT2D eigenvalue weighted by Gasteiger charge is -2.50. The molecule has 0 saturated carbocycles. The average Bonchev–Trinajstić information content (AvgIpc) is 2.58. The molecule has 6 nitrogen and oxygen atoms in total. The number of amides is 2. The second-order valence-corrected chi connectivity index (χ2v) is 7.52. The van der Waals surface area contributed by atoms with Gasteiger partial charge in [0, 0.05) is 19.6 Å². The molecule has 2 N–H and O–H groups in total. The summed E-state index contributed by atoms with van der Waals surface area (Å²) in [7, 11) is 1.65. The molecule has 1 aromatic carbocycles. The van der Waals surface area contributed by atoms with Crippen LogP contribution in [0.2, 0.25) is 10.0 Å². The molecular weight excluding hydrogens is 365 g/mol. The topological polar surface area (TPSA) is 78.5 Å². The number of hydrogen-bond donors (Lipinski definition) is 2. The van der Waals surface area contributed by atoms with E-state index in [0.717, 1.165) is 6.54 Å². The zero-order valence-electron chi connectivity index (χ0n) is 13.9. The summed E-state index contributed by atoms with van der Waals surface area (Å²) >= 11 is 12.0. The van der Waals surface area contributed by atoms with Crippen LogP contribution in [0.5, 0.6) is 0 Å². The number of rotatable bonds is 2. The third kappa shape index (κ3) is 2.92. The van der Waals surface area contributed by atoms with Gasteiger partial charge in [-0.15, -0.1) is 0 Å². The number of likely N-dealkylation sites (tertiary alicyclic amines) is 1. The Hall–Kier alpha value is -1.63. The number of carbonyl (C=O) groups excluding carboxylic acids is 3. The Kier molecular flexibility index (Phi) is 4.79. The molecule has 2 aliphatic rings. The first-order valence-electron chi connectivity index (χ1n) is 8.04. The normalized spacial score (nSPS) is 29.4. The lowest BCUT2D eigenvalue weighted by molar-refractivity contribution is -0.162. The van der Waals surface area contributed by atoms with Crippen LogP contribution in [0.25, 0.3) is 0 Å². The predicted molar refractivity (Wildman–Crippen MR) is 95.7 cm³/mol. The molecule has 2 heterocycles. The van der Waals surface area contributed by atoms with E-state index in [9.17, 15) is 14.4 Å². The number of fused-ring (bicyclic) bond motifs is 1. The molecule has 3 atom stereocenters. The van der Waals surface area contributed by atoms with E-state index in [0.29, 0.717) is 13.0 Å². The molecule has 25 heavy (non-hydrogen) atoms. The lowest BCUT2D eigenvalue weighted by Crippen LogP contribution is -2.68. The number of halogens is 2. The van der Waals surface area contributed by atoms with E-state index in [-0.39, 0.29) is 27.6 Å². The molecule has 2 saturated heterocycles. The van der Waals surface area contributed by atoms with Gasteiger partial charge in [-0.25, -0.2) is 0 Å². The van der Waals surface area contributed by atoms with Crippen molar-refractivity contribution in [3.63, 3.8) is 0 Å². The van der Waals surface area contributed by atoms with Gasteiger partial charge in [0.2, 0.25) is 11.8 Å². The van der Waals surface area contributed by atoms with Gasteiger partial charge in [-0.2, -0.15) is 0 Å². The number of piperidine rings is 2. The van der Waals surface area contributed by atoms with Gasteiger partial charge in [-0.05, 0) is 32.0 Å². The fourth-order valence-corrected chi connectivity index (χ4v) is 4.08. The number of hydrogen-bond acceptors (Lipinski definition) is 4. The Morgan fingerprint density at radius 3 is 2.80 bits per heavy atom. The standard InChI is InChI=1S/C17H19Cl2N3O3/c1-17-8-20-7-6-11(17)22(2)16(25)12(14(17)23)15(24)21-10-5-3-4-9(18)13(10)19/h3-5,11-12,20H,6-8H2,1-2H3,(H,21,24)/t11-,12?,17-/m0/s1. The monoisotopic (exact) mass is 383 g/mol. The molecule has 0 aromatic heterocycles. The first kappa shape index (κ1) is 18.2. The van der Waals surface area contributed by atoms with Crippen molar-refractivity contribution in [3.8, 4) is 0 Å². The summed E-state index contributed by atoms with van der Waals surface area (Å²) in [5, 5.41) is 6.21. The fraction of sp³-hybridized carbons (Fsp3) is 0.471. The number of Topliss-reactive ketones (excluding diaryl/α,β-unsaturated/α-hetero) is 1. The number of carbonyl (C=O) groups is 3. The van der Waals surface area contributed by atoms with Crippen LogP contribution in [0.4, 0.5) is 5.69 Å². The van der Waals surface area contributed by atoms with Crippen LogP contribution in [-0.4, -0.2) is 48.7 Å². The van der Waals surface area contributed by atoms with Gasteiger partial charge in [-0.1, -0.05) is 29.3 Å². The van der Waals surface area contributed by atoms with Crippen LogP contribution in [0.15, 0.2) is 18.2 Å². The maximum absolute atomic E-state index is 13.0. The number of nitrogens with one attached hydrogen (secondary N) is 2. The second-order valence-electron chi connectivity index (χ2n) is 6.74. The Morgan fingerprint density at radius 1 is 1.36 bits per heavy atom. The predicted octanol–water partition coefficient (Wildman–Crippen LogP) is 1.96. The SMILES string of the molecule is CN1C(=O)C(C(=O)Nc2cccc(Cl)c2Cl)C(=O)[C@@]2(C)CNCC[C@H]12. The zero-order chi connectivity index (χ0) is 18.4. The van der Waals surface area contributed by atoms with E-state index in [4.69, 9.17) is 23.2 Å². The summed E-state index contributed by atoms with van der Waals surface area (Å²) in [4.78, 5) is 39.9. The highest BCUT2D eigenvalue weighted by Gasteiger charge is 2.57. The summed E-state index contributed by atoms with van der Waals surface area (Å²) in [5.41, 5.74) is -0.516. The lowest BCUT2D eigenvalue weighted by atomic mass is 9.67. The number of ketones is 1. The van der Waals surface area contributed by atoms with Gasteiger partial charge in [0.05, 0.1) is 21.1 Å². The summed E-state index contributed by atoms with van der Waals surface area (Å²) in [5.74, 6) is -2.91. The molecule has 3 rings (SSSR count). The van der Waals surface area contributed by atoms with E-state index in [1.165, 1.54) is 4.90 Å². The van der Waals surface area contributed by atoms with Crippen molar-refractivity contribution in [1.82, 2.24) is 10.2 Å². The average molecular weight is 384 g/mol. The summed E-state index contributed by atoms with van der Waals surface area (Å²) in [6.07, 6.45) is 0.680. The second kappa shape index (κ2) is 6.59.